The zero-order chi connectivity index (χ0) is 21.6. The van der Waals surface area contributed by atoms with Gasteiger partial charge in [0.15, 0.2) is 0 Å². The largest absolute Gasteiger partial charge is 0.494 e. The van der Waals surface area contributed by atoms with Crippen LogP contribution in [0.5, 0.6) is 5.75 Å². The second kappa shape index (κ2) is 10.1. The van der Waals surface area contributed by atoms with Gasteiger partial charge in [0.25, 0.3) is 5.91 Å². The summed E-state index contributed by atoms with van der Waals surface area (Å²) in [5.41, 5.74) is 3.99. The fraction of sp³-hybridized carbons (Fsp3) is 0.160. The number of H-pyrrole nitrogens is 1. The third kappa shape index (κ3) is 5.14. The third-order valence-corrected chi connectivity index (χ3v) is 6.50. The number of rotatable bonds is 8. The minimum atomic E-state index is -0.0734. The molecule has 0 saturated carbocycles. The number of carbonyl (C=O) groups is 1. The number of benzene rings is 3. The number of hydrogen-bond acceptors (Lipinski definition) is 3. The second-order valence-corrected chi connectivity index (χ2v) is 8.96. The summed E-state index contributed by atoms with van der Waals surface area (Å²) in [6.07, 6.45) is 0. The Labute approximate surface area is 194 Å². The average Bonchev–Trinajstić information content (AvgIpc) is 3.16. The van der Waals surface area contributed by atoms with E-state index in [2.05, 4.69) is 56.6 Å². The summed E-state index contributed by atoms with van der Waals surface area (Å²) in [5, 5.41) is 4.21. The fourth-order valence-corrected chi connectivity index (χ4v) is 4.69. The molecule has 4 nitrogen and oxygen atoms in total. The van der Waals surface area contributed by atoms with Crippen LogP contribution in [0, 0.1) is 0 Å². The molecule has 4 rings (SSSR count). The van der Waals surface area contributed by atoms with E-state index in [9.17, 15) is 4.79 Å². The van der Waals surface area contributed by atoms with Crippen LogP contribution >= 0.6 is 27.7 Å². The van der Waals surface area contributed by atoms with Gasteiger partial charge in [-0.2, -0.15) is 0 Å². The monoisotopic (exact) mass is 494 g/mol. The van der Waals surface area contributed by atoms with Crippen LogP contribution in [0.4, 0.5) is 0 Å². The molecule has 31 heavy (non-hydrogen) atoms. The lowest BCUT2D eigenvalue weighted by molar-refractivity contribution is 0.0956. The van der Waals surface area contributed by atoms with Crippen LogP contribution in [0.25, 0.3) is 22.2 Å². The zero-order valence-electron chi connectivity index (χ0n) is 17.2. The van der Waals surface area contributed by atoms with Crippen molar-refractivity contribution < 1.29 is 9.53 Å². The fourth-order valence-electron chi connectivity index (χ4n) is 3.37. The molecule has 0 aliphatic rings. The summed E-state index contributed by atoms with van der Waals surface area (Å²) in [6, 6.07) is 23.8. The molecular weight excluding hydrogens is 472 g/mol. The van der Waals surface area contributed by atoms with E-state index in [1.807, 2.05) is 37.3 Å². The van der Waals surface area contributed by atoms with Crippen molar-refractivity contribution in [3.8, 4) is 17.0 Å². The quantitative estimate of drug-likeness (QED) is 0.216. The average molecular weight is 495 g/mol. The maximum atomic E-state index is 12.4. The Morgan fingerprint density at radius 3 is 2.52 bits per heavy atom. The predicted molar refractivity (Wildman–Crippen MR) is 132 cm³/mol. The lowest BCUT2D eigenvalue weighted by Gasteiger charge is -2.08. The maximum Gasteiger partial charge on any atom is 0.251 e. The Hall–Kier alpha value is -2.70. The molecule has 0 saturated heterocycles. The molecular formula is C25H23BrN2O2S. The van der Waals surface area contributed by atoms with Gasteiger partial charge in [0.05, 0.1) is 12.3 Å². The summed E-state index contributed by atoms with van der Waals surface area (Å²) in [7, 11) is 0. The third-order valence-electron chi connectivity index (χ3n) is 4.85. The van der Waals surface area contributed by atoms with Crippen molar-refractivity contribution in [3.05, 3.63) is 82.8 Å². The molecule has 4 aromatic rings. The molecule has 0 spiro atoms. The molecule has 2 N–H and O–H groups in total. The number of amides is 1. The van der Waals surface area contributed by atoms with Gasteiger partial charge in [-0.1, -0.05) is 46.3 Å². The Kier molecular flexibility index (Phi) is 6.99. The number of halogens is 1. The van der Waals surface area contributed by atoms with Gasteiger partial charge in [0, 0.05) is 38.1 Å². The van der Waals surface area contributed by atoms with Crippen LogP contribution in [-0.2, 0) is 0 Å². The van der Waals surface area contributed by atoms with Gasteiger partial charge < -0.3 is 15.0 Å². The molecule has 0 atom stereocenters. The second-order valence-electron chi connectivity index (χ2n) is 6.94. The summed E-state index contributed by atoms with van der Waals surface area (Å²) in [5.74, 6) is 1.47. The molecule has 1 heterocycles. The normalized spacial score (nSPS) is 10.9. The molecule has 0 unspecified atom stereocenters. The number of nitrogens with one attached hydrogen (secondary N) is 2. The first-order valence-electron chi connectivity index (χ1n) is 10.2. The summed E-state index contributed by atoms with van der Waals surface area (Å²) >= 11 is 5.26. The van der Waals surface area contributed by atoms with Crippen LogP contribution in [0.1, 0.15) is 17.3 Å². The number of hydrogen-bond donors (Lipinski definition) is 2. The van der Waals surface area contributed by atoms with E-state index in [1.54, 1.807) is 23.9 Å². The van der Waals surface area contributed by atoms with Gasteiger partial charge in [-0.25, -0.2) is 0 Å². The Morgan fingerprint density at radius 2 is 1.77 bits per heavy atom. The molecule has 0 radical (unpaired) electrons. The SMILES string of the molecule is CCOc1ccc(C(=O)NCCSc2c(-c3ccc(Br)cc3)[nH]c3ccccc23)cc1. The molecule has 0 aliphatic carbocycles. The number of fused-ring (bicyclic) bond motifs is 1. The van der Waals surface area contributed by atoms with Gasteiger partial charge in [-0.05, 0) is 55.0 Å². The van der Waals surface area contributed by atoms with Crippen molar-refractivity contribution in [1.82, 2.24) is 10.3 Å². The van der Waals surface area contributed by atoms with Crippen LogP contribution in [0.15, 0.2) is 82.2 Å². The van der Waals surface area contributed by atoms with Gasteiger partial charge in [-0.15, -0.1) is 11.8 Å². The van der Waals surface area contributed by atoms with E-state index >= 15 is 0 Å². The number of carbonyl (C=O) groups excluding carboxylic acids is 1. The first kappa shape index (κ1) is 21.5. The highest BCUT2D eigenvalue weighted by Crippen LogP contribution is 2.37. The van der Waals surface area contributed by atoms with E-state index in [0.717, 1.165) is 32.7 Å². The van der Waals surface area contributed by atoms with Gasteiger partial charge in [0.2, 0.25) is 0 Å². The maximum absolute atomic E-state index is 12.4. The van der Waals surface area contributed by atoms with Crippen molar-refractivity contribution >= 4 is 44.5 Å². The topological polar surface area (TPSA) is 54.1 Å². The minimum absolute atomic E-state index is 0.0734. The molecule has 0 fully saturated rings. The van der Waals surface area contributed by atoms with E-state index < -0.39 is 0 Å². The first-order chi connectivity index (χ1) is 15.2. The van der Waals surface area contributed by atoms with Crippen molar-refractivity contribution in [2.45, 2.75) is 11.8 Å². The number of aromatic amines is 1. The standard InChI is InChI=1S/C25H23BrN2O2S/c1-2-30-20-13-9-18(10-14-20)25(29)27-15-16-31-24-21-5-3-4-6-22(21)28-23(24)17-7-11-19(26)12-8-17/h3-14,28H,2,15-16H2,1H3,(H,27,29). The smallest absolute Gasteiger partial charge is 0.251 e. The molecule has 1 amide bonds. The Bertz CT molecular complexity index is 1170. The Morgan fingerprint density at radius 1 is 1.03 bits per heavy atom. The van der Waals surface area contributed by atoms with Crippen LogP contribution in [0.2, 0.25) is 0 Å². The highest BCUT2D eigenvalue weighted by Gasteiger charge is 2.14. The number of aromatic nitrogens is 1. The van der Waals surface area contributed by atoms with Gasteiger partial charge in [-0.3, -0.25) is 4.79 Å². The van der Waals surface area contributed by atoms with Crippen LogP contribution in [-0.4, -0.2) is 29.8 Å². The van der Waals surface area contributed by atoms with Gasteiger partial charge >= 0.3 is 0 Å². The molecule has 0 aliphatic heterocycles. The summed E-state index contributed by atoms with van der Waals surface area (Å²) in [6.45, 7) is 3.13. The molecule has 158 valence electrons. The van der Waals surface area contributed by atoms with Crippen molar-refractivity contribution in [1.29, 1.82) is 0 Å². The van der Waals surface area contributed by atoms with E-state index in [4.69, 9.17) is 4.74 Å². The number of ether oxygens (including phenoxy) is 1. The predicted octanol–water partition coefficient (Wildman–Crippen LogP) is 6.52. The van der Waals surface area contributed by atoms with E-state index in [1.165, 1.54) is 10.3 Å². The van der Waals surface area contributed by atoms with Crippen molar-refractivity contribution in [2.24, 2.45) is 0 Å². The highest BCUT2D eigenvalue weighted by molar-refractivity contribution is 9.10. The first-order valence-corrected chi connectivity index (χ1v) is 11.9. The lowest BCUT2D eigenvalue weighted by atomic mass is 10.1. The zero-order valence-corrected chi connectivity index (χ0v) is 19.6. The molecule has 1 aromatic heterocycles. The van der Waals surface area contributed by atoms with Crippen molar-refractivity contribution in [3.63, 3.8) is 0 Å². The lowest BCUT2D eigenvalue weighted by Crippen LogP contribution is -2.25. The molecule has 3 aromatic carbocycles. The summed E-state index contributed by atoms with van der Waals surface area (Å²) < 4.78 is 6.48. The van der Waals surface area contributed by atoms with Gasteiger partial charge in [0.1, 0.15) is 5.75 Å². The van der Waals surface area contributed by atoms with E-state index in [0.29, 0.717) is 18.7 Å². The van der Waals surface area contributed by atoms with Crippen LogP contribution in [0.3, 0.4) is 0 Å². The Balaban J connectivity index is 1.43. The highest BCUT2D eigenvalue weighted by atomic mass is 79.9. The molecule has 6 heteroatoms. The summed E-state index contributed by atoms with van der Waals surface area (Å²) in [4.78, 5) is 17.2. The number of para-hydroxylation sites is 1. The molecule has 0 bridgehead atoms. The van der Waals surface area contributed by atoms with Crippen molar-refractivity contribution in [2.75, 3.05) is 18.9 Å². The number of thioether (sulfide) groups is 1. The minimum Gasteiger partial charge on any atom is -0.494 e. The van der Waals surface area contributed by atoms with Crippen LogP contribution < -0.4 is 10.1 Å². The van der Waals surface area contributed by atoms with E-state index in [-0.39, 0.29) is 5.91 Å².